The van der Waals surface area contributed by atoms with Gasteiger partial charge in [0.2, 0.25) is 0 Å². The fourth-order valence-electron chi connectivity index (χ4n) is 2.42. The third kappa shape index (κ3) is 5.11. The molecular weight excluding hydrogens is 305 g/mol. The Morgan fingerprint density at radius 1 is 1.39 bits per heavy atom. The van der Waals surface area contributed by atoms with Gasteiger partial charge in [-0.25, -0.2) is 4.99 Å². The molecule has 2 N–H and O–H groups in total. The van der Waals surface area contributed by atoms with Gasteiger partial charge in [0.25, 0.3) is 0 Å². The number of anilines is 1. The molecule has 1 aliphatic heterocycles. The standard InChI is InChI=1S/C17H24BN3OS/c1-5-13-15(23-10-17(3,4)22)14(18)9-20-16(13)21-12-7-6-11(2)19-8-12/h6-9,13,15,22H,5,10H2,1-4H3,(H,20,21). The summed E-state index contributed by atoms with van der Waals surface area (Å²) in [7, 11) is 6.16. The van der Waals surface area contributed by atoms with Crippen molar-refractivity contribution in [3.63, 3.8) is 0 Å². The van der Waals surface area contributed by atoms with Gasteiger partial charge in [0.15, 0.2) is 0 Å². The van der Waals surface area contributed by atoms with E-state index >= 15 is 0 Å². The lowest BCUT2D eigenvalue weighted by atomic mass is 9.83. The molecule has 1 aliphatic rings. The highest BCUT2D eigenvalue weighted by Crippen LogP contribution is 2.33. The van der Waals surface area contributed by atoms with Crippen LogP contribution in [0.25, 0.3) is 0 Å². The Morgan fingerprint density at radius 3 is 2.70 bits per heavy atom. The first kappa shape index (κ1) is 18.1. The van der Waals surface area contributed by atoms with E-state index in [0.29, 0.717) is 5.75 Å². The average Bonchev–Trinajstić information content (AvgIpc) is 2.48. The summed E-state index contributed by atoms with van der Waals surface area (Å²) in [6.07, 6.45) is 4.45. The topological polar surface area (TPSA) is 57.5 Å². The number of aryl methyl sites for hydroxylation is 1. The van der Waals surface area contributed by atoms with E-state index < -0.39 is 5.60 Å². The van der Waals surface area contributed by atoms with E-state index in [4.69, 9.17) is 7.85 Å². The molecule has 122 valence electrons. The molecule has 0 aromatic carbocycles. The minimum Gasteiger partial charge on any atom is -0.390 e. The number of rotatable bonds is 5. The number of amidine groups is 1. The van der Waals surface area contributed by atoms with Crippen LogP contribution in [0.3, 0.4) is 0 Å². The van der Waals surface area contributed by atoms with Crippen molar-refractivity contribution in [2.75, 3.05) is 11.1 Å². The highest BCUT2D eigenvalue weighted by Gasteiger charge is 2.30. The smallest absolute Gasteiger partial charge is 0.111 e. The summed E-state index contributed by atoms with van der Waals surface area (Å²) >= 11 is 1.68. The van der Waals surface area contributed by atoms with Crippen molar-refractivity contribution in [2.24, 2.45) is 10.9 Å². The summed E-state index contributed by atoms with van der Waals surface area (Å²) in [4.78, 5) is 8.79. The predicted octanol–water partition coefficient (Wildman–Crippen LogP) is 3.12. The molecule has 2 radical (unpaired) electrons. The highest BCUT2D eigenvalue weighted by molar-refractivity contribution is 8.00. The van der Waals surface area contributed by atoms with E-state index in [-0.39, 0.29) is 11.2 Å². The Kier molecular flexibility index (Phi) is 5.92. The first-order valence-electron chi connectivity index (χ1n) is 7.87. The number of hydrogen-bond donors (Lipinski definition) is 2. The van der Waals surface area contributed by atoms with Crippen molar-refractivity contribution in [3.05, 3.63) is 35.7 Å². The van der Waals surface area contributed by atoms with Gasteiger partial charge in [-0.2, -0.15) is 11.8 Å². The molecule has 0 saturated heterocycles. The van der Waals surface area contributed by atoms with E-state index in [1.165, 1.54) is 0 Å². The lowest BCUT2D eigenvalue weighted by Gasteiger charge is -2.33. The fourth-order valence-corrected chi connectivity index (χ4v) is 3.81. The minimum absolute atomic E-state index is 0.116. The first-order valence-corrected chi connectivity index (χ1v) is 8.92. The quantitative estimate of drug-likeness (QED) is 0.815. The molecule has 2 rings (SSSR count). The molecular formula is C17H24BN3OS. The van der Waals surface area contributed by atoms with E-state index in [1.807, 2.05) is 39.1 Å². The van der Waals surface area contributed by atoms with Crippen LogP contribution in [-0.2, 0) is 0 Å². The number of aliphatic hydroxyl groups is 1. The van der Waals surface area contributed by atoms with Crippen molar-refractivity contribution in [2.45, 2.75) is 45.0 Å². The maximum absolute atomic E-state index is 9.99. The second-order valence-corrected chi connectivity index (χ2v) is 7.65. The predicted molar refractivity (Wildman–Crippen MR) is 100 cm³/mol. The lowest BCUT2D eigenvalue weighted by molar-refractivity contribution is 0.107. The van der Waals surface area contributed by atoms with Gasteiger partial charge < -0.3 is 10.4 Å². The Bertz CT molecular complexity index is 593. The Balaban J connectivity index is 2.14. The van der Waals surface area contributed by atoms with E-state index in [1.54, 1.807) is 18.0 Å². The van der Waals surface area contributed by atoms with Crippen LogP contribution in [-0.4, -0.2) is 40.4 Å². The van der Waals surface area contributed by atoms with Crippen molar-refractivity contribution in [1.82, 2.24) is 4.98 Å². The molecule has 0 saturated carbocycles. The number of nitrogens with zero attached hydrogens (tertiary/aromatic N) is 2. The summed E-state index contributed by atoms with van der Waals surface area (Å²) in [5, 5.41) is 13.5. The summed E-state index contributed by atoms with van der Waals surface area (Å²) in [5.74, 6) is 1.72. The second kappa shape index (κ2) is 7.54. The molecule has 23 heavy (non-hydrogen) atoms. The highest BCUT2D eigenvalue weighted by atomic mass is 32.2. The molecule has 1 aromatic rings. The van der Waals surface area contributed by atoms with Crippen LogP contribution in [0.5, 0.6) is 0 Å². The molecule has 0 aliphatic carbocycles. The van der Waals surface area contributed by atoms with Crippen LogP contribution in [0.15, 0.2) is 35.0 Å². The van der Waals surface area contributed by atoms with Crippen LogP contribution < -0.4 is 5.32 Å². The van der Waals surface area contributed by atoms with Gasteiger partial charge in [0.1, 0.15) is 13.7 Å². The lowest BCUT2D eigenvalue weighted by Crippen LogP contribution is -2.36. The number of pyridine rings is 1. The first-order chi connectivity index (χ1) is 10.8. The largest absolute Gasteiger partial charge is 0.390 e. The van der Waals surface area contributed by atoms with Crippen LogP contribution in [0.4, 0.5) is 5.69 Å². The van der Waals surface area contributed by atoms with Crippen LogP contribution in [0.2, 0.25) is 0 Å². The molecule has 0 fully saturated rings. The van der Waals surface area contributed by atoms with Crippen LogP contribution in [0.1, 0.15) is 32.9 Å². The molecule has 0 bridgehead atoms. The summed E-state index contributed by atoms with van der Waals surface area (Å²) in [6.45, 7) is 7.72. The maximum Gasteiger partial charge on any atom is 0.111 e. The van der Waals surface area contributed by atoms with Crippen LogP contribution >= 0.6 is 11.8 Å². The molecule has 4 nitrogen and oxygen atoms in total. The van der Waals surface area contributed by atoms with Crippen LogP contribution in [0, 0.1) is 12.8 Å². The van der Waals surface area contributed by atoms with Gasteiger partial charge in [-0.3, -0.25) is 4.98 Å². The summed E-state index contributed by atoms with van der Waals surface area (Å²) < 4.78 is 0. The minimum atomic E-state index is -0.716. The fraction of sp³-hybridized carbons (Fsp3) is 0.529. The monoisotopic (exact) mass is 329 g/mol. The number of thioether (sulfide) groups is 1. The van der Waals surface area contributed by atoms with E-state index in [2.05, 4.69) is 22.2 Å². The molecule has 0 spiro atoms. The maximum atomic E-state index is 9.99. The molecule has 0 amide bonds. The van der Waals surface area contributed by atoms with Gasteiger partial charge in [-0.15, -0.1) is 0 Å². The molecule has 2 heterocycles. The Morgan fingerprint density at radius 2 is 2.13 bits per heavy atom. The summed E-state index contributed by atoms with van der Waals surface area (Å²) in [5.41, 5.74) is 1.95. The third-order valence-electron chi connectivity index (χ3n) is 3.64. The average molecular weight is 329 g/mol. The zero-order chi connectivity index (χ0) is 17.0. The van der Waals surface area contributed by atoms with Crippen molar-refractivity contribution < 1.29 is 5.11 Å². The Hall–Kier alpha value is -1.27. The molecule has 2 atom stereocenters. The zero-order valence-electron chi connectivity index (χ0n) is 14.2. The van der Waals surface area contributed by atoms with Crippen molar-refractivity contribution >= 4 is 31.1 Å². The number of hydrogen-bond acceptors (Lipinski definition) is 5. The van der Waals surface area contributed by atoms with Gasteiger partial charge in [-0.05, 0) is 39.3 Å². The number of aromatic nitrogens is 1. The van der Waals surface area contributed by atoms with Gasteiger partial charge >= 0.3 is 0 Å². The number of nitrogens with one attached hydrogen (secondary N) is 1. The molecule has 6 heteroatoms. The Labute approximate surface area is 144 Å². The van der Waals surface area contributed by atoms with E-state index in [9.17, 15) is 5.11 Å². The molecule has 2 unspecified atom stereocenters. The van der Waals surface area contributed by atoms with Gasteiger partial charge in [0, 0.05) is 28.8 Å². The SMILES string of the molecule is [B]C1=CN=C(Nc2ccc(C)nc2)C(CC)C1SCC(C)(C)O. The normalized spacial score (nSPS) is 21.6. The van der Waals surface area contributed by atoms with Gasteiger partial charge in [-0.1, -0.05) is 12.4 Å². The van der Waals surface area contributed by atoms with Crippen molar-refractivity contribution in [1.29, 1.82) is 0 Å². The number of aliphatic imine (C=N–C) groups is 1. The van der Waals surface area contributed by atoms with Gasteiger partial charge in [0.05, 0.1) is 17.5 Å². The third-order valence-corrected chi connectivity index (χ3v) is 5.47. The second-order valence-electron chi connectivity index (χ2n) is 6.52. The summed E-state index contributed by atoms with van der Waals surface area (Å²) in [6, 6.07) is 3.97. The van der Waals surface area contributed by atoms with Crippen molar-refractivity contribution in [3.8, 4) is 0 Å². The zero-order valence-corrected chi connectivity index (χ0v) is 15.0. The van der Waals surface area contributed by atoms with E-state index in [0.717, 1.165) is 29.1 Å². The molecule has 1 aromatic heterocycles.